The molecule has 0 aliphatic carbocycles. The fourth-order valence-electron chi connectivity index (χ4n) is 4.05. The number of hydrogen-bond donors (Lipinski definition) is 2. The molecule has 0 rings (SSSR count). The highest BCUT2D eigenvalue weighted by Gasteiger charge is 2.35. The molecule has 0 aromatic heterocycles. The van der Waals surface area contributed by atoms with E-state index in [1.165, 1.54) is 0 Å². The van der Waals surface area contributed by atoms with Gasteiger partial charge < -0.3 is 15.0 Å². The molecule has 4 unspecified atom stereocenters. The highest BCUT2D eigenvalue weighted by atomic mass is 32.1. The van der Waals surface area contributed by atoms with Crippen molar-refractivity contribution in [1.29, 1.82) is 0 Å². The predicted molar refractivity (Wildman–Crippen MR) is 129 cm³/mol. The standard InChI is InChI=1S/C23H45N3O3S/c1-11-17(6)21(19(29-10)14-15(2)3)26(9)23(28)18(7)24-22(27)20(16(4)5)25(8)12-13-30/h16-21,30H,2,11-14H2,1,3-10H3,(H,24,27)/t17?,18-,19?,20?,21?/m0/s1. The zero-order valence-corrected chi connectivity index (χ0v) is 21.5. The van der Waals surface area contributed by atoms with Crippen molar-refractivity contribution in [2.75, 3.05) is 33.5 Å². The first-order chi connectivity index (χ1) is 13.9. The third kappa shape index (κ3) is 8.60. The topological polar surface area (TPSA) is 61.9 Å². The predicted octanol–water partition coefficient (Wildman–Crippen LogP) is 3.23. The molecule has 2 amide bonds. The number of rotatable bonds is 14. The van der Waals surface area contributed by atoms with Gasteiger partial charge in [0.2, 0.25) is 11.8 Å². The largest absolute Gasteiger partial charge is 0.379 e. The van der Waals surface area contributed by atoms with Crippen LogP contribution in [0.5, 0.6) is 0 Å². The lowest BCUT2D eigenvalue weighted by Gasteiger charge is -2.39. The Hall–Kier alpha value is -1.05. The molecule has 176 valence electrons. The van der Waals surface area contributed by atoms with Crippen LogP contribution in [0.4, 0.5) is 0 Å². The first-order valence-corrected chi connectivity index (χ1v) is 11.6. The van der Waals surface area contributed by atoms with Crippen LogP contribution in [-0.2, 0) is 14.3 Å². The Morgan fingerprint density at radius 1 is 1.17 bits per heavy atom. The Balaban J connectivity index is 5.47. The van der Waals surface area contributed by atoms with Crippen LogP contribution < -0.4 is 5.32 Å². The normalized spacial score (nSPS) is 16.7. The minimum absolute atomic E-state index is 0.101. The number of likely N-dealkylation sites (N-methyl/N-ethyl adjacent to an activating group) is 2. The Morgan fingerprint density at radius 3 is 2.13 bits per heavy atom. The van der Waals surface area contributed by atoms with Crippen molar-refractivity contribution in [1.82, 2.24) is 15.1 Å². The zero-order valence-electron chi connectivity index (χ0n) is 20.6. The lowest BCUT2D eigenvalue weighted by Crippen LogP contribution is -2.57. The van der Waals surface area contributed by atoms with Crippen molar-refractivity contribution in [2.45, 2.75) is 78.6 Å². The zero-order chi connectivity index (χ0) is 23.6. The van der Waals surface area contributed by atoms with Crippen molar-refractivity contribution >= 4 is 24.4 Å². The van der Waals surface area contributed by atoms with Gasteiger partial charge in [0.05, 0.1) is 18.2 Å². The number of nitrogens with zero attached hydrogens (tertiary/aromatic N) is 2. The Kier molecular flexibility index (Phi) is 13.6. The van der Waals surface area contributed by atoms with Crippen LogP contribution in [0.1, 0.15) is 54.4 Å². The number of thiol groups is 1. The third-order valence-electron chi connectivity index (χ3n) is 5.81. The quantitative estimate of drug-likeness (QED) is 0.320. The van der Waals surface area contributed by atoms with E-state index in [1.54, 1.807) is 26.0 Å². The van der Waals surface area contributed by atoms with Crippen LogP contribution in [0.2, 0.25) is 0 Å². The van der Waals surface area contributed by atoms with Crippen LogP contribution in [0, 0.1) is 11.8 Å². The smallest absolute Gasteiger partial charge is 0.244 e. The lowest BCUT2D eigenvalue weighted by atomic mass is 9.89. The molecule has 1 N–H and O–H groups in total. The molecule has 0 aromatic rings. The number of carbonyl (C=O) groups is 2. The molecule has 0 radical (unpaired) electrons. The minimum Gasteiger partial charge on any atom is -0.379 e. The van der Waals surface area contributed by atoms with Gasteiger partial charge in [-0.15, -0.1) is 6.58 Å². The Labute approximate surface area is 190 Å². The monoisotopic (exact) mass is 443 g/mol. The summed E-state index contributed by atoms with van der Waals surface area (Å²) < 4.78 is 5.75. The molecule has 0 fully saturated rings. The van der Waals surface area contributed by atoms with E-state index >= 15 is 0 Å². The first kappa shape index (κ1) is 28.9. The van der Waals surface area contributed by atoms with E-state index in [9.17, 15) is 9.59 Å². The Bertz CT molecular complexity index is 556. The summed E-state index contributed by atoms with van der Waals surface area (Å²) >= 11 is 4.27. The molecule has 7 heteroatoms. The van der Waals surface area contributed by atoms with E-state index in [1.807, 2.05) is 32.7 Å². The van der Waals surface area contributed by atoms with Crippen molar-refractivity contribution in [3.05, 3.63) is 12.2 Å². The number of hydrogen-bond acceptors (Lipinski definition) is 5. The summed E-state index contributed by atoms with van der Waals surface area (Å²) in [5.41, 5.74) is 1.02. The second-order valence-electron chi connectivity index (χ2n) is 8.88. The first-order valence-electron chi connectivity index (χ1n) is 11.0. The summed E-state index contributed by atoms with van der Waals surface area (Å²) in [7, 11) is 5.40. The SMILES string of the molecule is C=C(C)CC(OC)C(C(C)CC)N(C)C(=O)[C@H](C)NC(=O)C(C(C)C)N(C)CCS. The average molecular weight is 444 g/mol. The summed E-state index contributed by atoms with van der Waals surface area (Å²) in [4.78, 5) is 29.9. The molecule has 0 heterocycles. The van der Waals surface area contributed by atoms with Crippen molar-refractivity contribution in [2.24, 2.45) is 11.8 Å². The summed E-state index contributed by atoms with van der Waals surface area (Å²) in [6.45, 7) is 16.7. The van der Waals surface area contributed by atoms with Crippen LogP contribution in [0.3, 0.4) is 0 Å². The number of amides is 2. The van der Waals surface area contributed by atoms with Gasteiger partial charge in [-0.25, -0.2) is 0 Å². The van der Waals surface area contributed by atoms with E-state index in [0.29, 0.717) is 18.7 Å². The fraction of sp³-hybridized carbons (Fsp3) is 0.826. The van der Waals surface area contributed by atoms with E-state index in [4.69, 9.17) is 4.74 Å². The molecule has 0 aromatic carbocycles. The summed E-state index contributed by atoms with van der Waals surface area (Å²) in [5, 5.41) is 2.94. The maximum atomic E-state index is 13.2. The number of methoxy groups -OCH3 is 1. The molecular formula is C23H45N3O3S. The van der Waals surface area contributed by atoms with Gasteiger partial charge in [-0.1, -0.05) is 39.7 Å². The third-order valence-corrected chi connectivity index (χ3v) is 6.01. The van der Waals surface area contributed by atoms with Crippen LogP contribution in [0.25, 0.3) is 0 Å². The fourth-order valence-corrected chi connectivity index (χ4v) is 4.36. The molecule has 30 heavy (non-hydrogen) atoms. The highest BCUT2D eigenvalue weighted by Crippen LogP contribution is 2.24. The molecule has 6 nitrogen and oxygen atoms in total. The summed E-state index contributed by atoms with van der Waals surface area (Å²) in [5.74, 6) is 0.792. The lowest BCUT2D eigenvalue weighted by molar-refractivity contribution is -0.141. The Morgan fingerprint density at radius 2 is 1.73 bits per heavy atom. The second-order valence-corrected chi connectivity index (χ2v) is 9.33. The van der Waals surface area contributed by atoms with Gasteiger partial charge in [0.1, 0.15) is 6.04 Å². The van der Waals surface area contributed by atoms with Gasteiger partial charge in [0.25, 0.3) is 0 Å². The minimum atomic E-state index is -0.623. The number of nitrogens with one attached hydrogen (secondary N) is 1. The average Bonchev–Trinajstić information content (AvgIpc) is 2.65. The van der Waals surface area contributed by atoms with Crippen molar-refractivity contribution in [3.63, 3.8) is 0 Å². The van der Waals surface area contributed by atoms with E-state index < -0.39 is 6.04 Å². The van der Waals surface area contributed by atoms with Gasteiger partial charge >= 0.3 is 0 Å². The van der Waals surface area contributed by atoms with E-state index in [0.717, 1.165) is 12.0 Å². The molecule has 0 bridgehead atoms. The van der Waals surface area contributed by atoms with Gasteiger partial charge in [-0.05, 0) is 39.2 Å². The maximum absolute atomic E-state index is 13.2. The number of ether oxygens (including phenoxy) is 1. The highest BCUT2D eigenvalue weighted by molar-refractivity contribution is 7.80. The van der Waals surface area contributed by atoms with Crippen LogP contribution in [-0.4, -0.2) is 79.3 Å². The van der Waals surface area contributed by atoms with E-state index in [-0.39, 0.29) is 41.8 Å². The van der Waals surface area contributed by atoms with Gasteiger partial charge in [-0.2, -0.15) is 12.6 Å². The number of carbonyl (C=O) groups excluding carboxylic acids is 2. The van der Waals surface area contributed by atoms with Crippen molar-refractivity contribution < 1.29 is 14.3 Å². The summed E-state index contributed by atoms with van der Waals surface area (Å²) in [6, 6.07) is -1.03. The van der Waals surface area contributed by atoms with Crippen LogP contribution >= 0.6 is 12.6 Å². The molecule has 0 aliphatic rings. The van der Waals surface area contributed by atoms with Gasteiger partial charge in [-0.3, -0.25) is 14.5 Å². The summed E-state index contributed by atoms with van der Waals surface area (Å²) in [6.07, 6.45) is 1.47. The molecule has 0 aliphatic heterocycles. The van der Waals surface area contributed by atoms with Gasteiger partial charge in [0.15, 0.2) is 0 Å². The molecule has 0 saturated heterocycles. The molecule has 5 atom stereocenters. The van der Waals surface area contributed by atoms with Gasteiger partial charge in [0, 0.05) is 26.5 Å². The molecule has 0 saturated carbocycles. The van der Waals surface area contributed by atoms with Crippen molar-refractivity contribution in [3.8, 4) is 0 Å². The molecule has 0 spiro atoms. The second kappa shape index (κ2) is 14.1. The van der Waals surface area contributed by atoms with Crippen LogP contribution in [0.15, 0.2) is 12.2 Å². The maximum Gasteiger partial charge on any atom is 0.244 e. The van der Waals surface area contributed by atoms with E-state index in [2.05, 4.69) is 38.4 Å². The molecular weight excluding hydrogens is 398 g/mol.